The molecule has 1 aliphatic rings. The van der Waals surface area contributed by atoms with Gasteiger partial charge in [-0.25, -0.2) is 4.98 Å². The molecule has 7 N–H and O–H groups in total. The van der Waals surface area contributed by atoms with E-state index in [4.69, 9.17) is 11.5 Å². The van der Waals surface area contributed by atoms with Crippen LogP contribution in [0.1, 0.15) is 6.92 Å². The molecule has 0 spiro atoms. The van der Waals surface area contributed by atoms with Crippen LogP contribution < -0.4 is 32.8 Å². The Labute approximate surface area is 86.0 Å². The number of nitrogens with two attached hydrogens (primary N) is 2. The van der Waals surface area contributed by atoms with Gasteiger partial charge in [0.1, 0.15) is 22.3 Å². The molecular weight excluding hydrogens is 194 g/mol. The van der Waals surface area contributed by atoms with Crippen molar-refractivity contribution in [1.82, 2.24) is 20.6 Å². The lowest BCUT2D eigenvalue weighted by Crippen LogP contribution is -2.39. The summed E-state index contributed by atoms with van der Waals surface area (Å²) in [5.74, 6) is 1.40. The van der Waals surface area contributed by atoms with Gasteiger partial charge in [0.25, 0.3) is 0 Å². The summed E-state index contributed by atoms with van der Waals surface area (Å²) in [4.78, 5) is 11.1. The van der Waals surface area contributed by atoms with Crippen molar-refractivity contribution < 1.29 is 0 Å². The number of hydrogen-bond acceptors (Lipinski definition) is 4. The molecule has 0 amide bonds. The number of aliphatic imine (C=N–C) groups is 1. The van der Waals surface area contributed by atoms with Crippen LogP contribution >= 0.6 is 0 Å². The van der Waals surface area contributed by atoms with Crippen molar-refractivity contribution in [3.8, 4) is 0 Å². The van der Waals surface area contributed by atoms with Crippen molar-refractivity contribution in [3.05, 3.63) is 17.0 Å². The summed E-state index contributed by atoms with van der Waals surface area (Å²) in [6.07, 6.45) is 1.54. The number of fused-ring (bicyclic) bond motifs is 1. The highest BCUT2D eigenvalue weighted by Gasteiger charge is 2.09. The highest BCUT2D eigenvalue weighted by molar-refractivity contribution is 5.90. The van der Waals surface area contributed by atoms with Gasteiger partial charge < -0.3 is 27.1 Å². The first-order valence-corrected chi connectivity index (χ1v) is 4.59. The average molecular weight is 207 g/mol. The second-order valence-corrected chi connectivity index (χ2v) is 3.03. The van der Waals surface area contributed by atoms with E-state index < -0.39 is 0 Å². The van der Waals surface area contributed by atoms with Gasteiger partial charge in [-0.05, 0) is 6.92 Å². The Bertz CT molecular complexity index is 469. The van der Waals surface area contributed by atoms with E-state index in [-0.39, 0.29) is 0 Å². The van der Waals surface area contributed by atoms with Gasteiger partial charge in [-0.15, -0.1) is 0 Å². The van der Waals surface area contributed by atoms with E-state index in [2.05, 4.69) is 25.6 Å². The fourth-order valence-electron chi connectivity index (χ4n) is 1.35. The summed E-state index contributed by atoms with van der Waals surface area (Å²) in [6, 6.07) is 0. The molecule has 0 fully saturated rings. The summed E-state index contributed by atoms with van der Waals surface area (Å²) < 4.78 is 0. The maximum absolute atomic E-state index is 5.82. The van der Waals surface area contributed by atoms with E-state index >= 15 is 0 Å². The largest absolute Gasteiger partial charge is 0.383 e. The zero-order chi connectivity index (χ0) is 10.8. The van der Waals surface area contributed by atoms with Crippen LogP contribution in [0.5, 0.6) is 0 Å². The van der Waals surface area contributed by atoms with Gasteiger partial charge in [0, 0.05) is 6.54 Å². The van der Waals surface area contributed by atoms with Gasteiger partial charge >= 0.3 is 0 Å². The Morgan fingerprint density at radius 3 is 2.80 bits per heavy atom. The minimum absolute atomic E-state index is 0.423. The van der Waals surface area contributed by atoms with Crippen LogP contribution in [-0.2, 0) is 0 Å². The number of aromatic nitrogens is 2. The molecule has 80 valence electrons. The molecule has 7 nitrogen and oxygen atoms in total. The first-order valence-electron chi connectivity index (χ1n) is 4.59. The second-order valence-electron chi connectivity index (χ2n) is 3.03. The van der Waals surface area contributed by atoms with Gasteiger partial charge in [-0.3, -0.25) is 4.99 Å². The van der Waals surface area contributed by atoms with Gasteiger partial charge in [-0.2, -0.15) is 0 Å². The number of imidazole rings is 1. The van der Waals surface area contributed by atoms with Crippen molar-refractivity contribution in [2.75, 3.05) is 6.54 Å². The number of rotatable bonds is 1. The monoisotopic (exact) mass is 207 g/mol. The zero-order valence-electron chi connectivity index (χ0n) is 8.33. The van der Waals surface area contributed by atoms with Crippen molar-refractivity contribution in [2.45, 2.75) is 6.92 Å². The van der Waals surface area contributed by atoms with E-state index in [1.165, 1.54) is 6.33 Å². The molecule has 0 bridgehead atoms. The highest BCUT2D eigenvalue weighted by atomic mass is 15.2. The van der Waals surface area contributed by atoms with E-state index in [9.17, 15) is 0 Å². The summed E-state index contributed by atoms with van der Waals surface area (Å²) >= 11 is 0. The third kappa shape index (κ3) is 1.58. The molecule has 0 aromatic carbocycles. The van der Waals surface area contributed by atoms with Crippen LogP contribution in [-0.4, -0.2) is 22.5 Å². The lowest BCUT2D eigenvalue weighted by Gasteiger charge is -2.08. The van der Waals surface area contributed by atoms with E-state index in [1.54, 1.807) is 0 Å². The van der Waals surface area contributed by atoms with Crippen molar-refractivity contribution >= 4 is 17.6 Å². The number of nitrogens with zero attached hydrogens (tertiary/aromatic N) is 2. The van der Waals surface area contributed by atoms with Crippen molar-refractivity contribution in [3.63, 3.8) is 0 Å². The molecule has 7 heteroatoms. The Morgan fingerprint density at radius 2 is 2.07 bits per heavy atom. The topological polar surface area (TPSA) is 117 Å². The molecule has 1 aromatic heterocycles. The predicted molar refractivity (Wildman–Crippen MR) is 57.3 cm³/mol. The smallest absolute Gasteiger partial charge is 0.202 e. The standard InChI is InChI=1S/C8H13N7/c1-2-11-8-14-6(9)4-5(7(10)15-8)13-3-12-4/h3H,2,9-10H2,1H3,(H,12,13)(H2,11,14,15). The molecule has 0 saturated carbocycles. The summed E-state index contributed by atoms with van der Waals surface area (Å²) in [6.45, 7) is 2.56. The minimum atomic E-state index is 0.423. The summed E-state index contributed by atoms with van der Waals surface area (Å²) in [5.41, 5.74) is 11.6. The molecule has 1 aromatic rings. The fraction of sp³-hybridized carbons (Fsp3) is 0.250. The molecule has 0 atom stereocenters. The minimum Gasteiger partial charge on any atom is -0.383 e. The first kappa shape index (κ1) is 9.38. The van der Waals surface area contributed by atoms with Crippen molar-refractivity contribution in [1.29, 1.82) is 0 Å². The first-order chi connectivity index (χ1) is 7.22. The van der Waals surface area contributed by atoms with E-state index in [0.29, 0.717) is 34.8 Å². The number of hydrogen-bond donors (Lipinski definition) is 5. The summed E-state index contributed by atoms with van der Waals surface area (Å²) in [7, 11) is 0. The number of nitrogens with one attached hydrogen (secondary N) is 3. The van der Waals surface area contributed by atoms with Crippen LogP contribution in [0.25, 0.3) is 11.6 Å². The molecule has 2 heterocycles. The lowest BCUT2D eigenvalue weighted by atomic mass is 10.5. The predicted octanol–water partition coefficient (Wildman–Crippen LogP) is -2.97. The molecule has 1 aliphatic heterocycles. The fourth-order valence-corrected chi connectivity index (χ4v) is 1.35. The van der Waals surface area contributed by atoms with Gasteiger partial charge in [-0.1, -0.05) is 0 Å². The molecule has 2 rings (SSSR count). The quantitative estimate of drug-likeness (QED) is 0.337. The molecule has 0 unspecified atom stereocenters. The van der Waals surface area contributed by atoms with Gasteiger partial charge in [0.15, 0.2) is 0 Å². The number of aromatic amines is 1. The maximum Gasteiger partial charge on any atom is 0.202 e. The molecule has 0 saturated heterocycles. The Balaban J connectivity index is 2.62. The van der Waals surface area contributed by atoms with Crippen LogP contribution in [0.3, 0.4) is 0 Å². The van der Waals surface area contributed by atoms with E-state index in [0.717, 1.165) is 0 Å². The van der Waals surface area contributed by atoms with Crippen LogP contribution in [0.4, 0.5) is 0 Å². The third-order valence-electron chi connectivity index (χ3n) is 1.99. The summed E-state index contributed by atoms with van der Waals surface area (Å²) in [5, 5.41) is 7.08. The van der Waals surface area contributed by atoms with Gasteiger partial charge in [0.05, 0.1) is 6.33 Å². The molecule has 0 radical (unpaired) electrons. The van der Waals surface area contributed by atoms with Crippen molar-refractivity contribution in [2.24, 2.45) is 16.5 Å². The normalized spacial score (nSPS) is 18.1. The maximum atomic E-state index is 5.82. The third-order valence-corrected chi connectivity index (χ3v) is 1.99. The lowest BCUT2D eigenvalue weighted by molar-refractivity contribution is 1.03. The van der Waals surface area contributed by atoms with Crippen LogP contribution in [0.2, 0.25) is 0 Å². The van der Waals surface area contributed by atoms with Crippen LogP contribution in [0.15, 0.2) is 11.3 Å². The Kier molecular flexibility index (Phi) is 2.20. The highest BCUT2D eigenvalue weighted by Crippen LogP contribution is 1.82. The Morgan fingerprint density at radius 1 is 1.33 bits per heavy atom. The number of H-pyrrole nitrogens is 1. The Hall–Kier alpha value is -2.18. The second kappa shape index (κ2) is 3.52. The number of guanidine groups is 1. The zero-order valence-corrected chi connectivity index (χ0v) is 8.33. The SMILES string of the molecule is CCN=C1NC(N)=c2nc[nH]c2=C(N)N1. The van der Waals surface area contributed by atoms with Gasteiger partial charge in [0.2, 0.25) is 5.96 Å². The molecule has 0 aliphatic carbocycles. The molecular formula is C8H13N7. The molecule has 15 heavy (non-hydrogen) atoms. The van der Waals surface area contributed by atoms with E-state index in [1.807, 2.05) is 6.92 Å². The average Bonchev–Trinajstić information content (AvgIpc) is 2.62. The van der Waals surface area contributed by atoms with Crippen LogP contribution in [0, 0.1) is 0 Å².